The van der Waals surface area contributed by atoms with Gasteiger partial charge in [-0.3, -0.25) is 4.79 Å². The van der Waals surface area contributed by atoms with Crippen LogP contribution in [0.5, 0.6) is 0 Å². The van der Waals surface area contributed by atoms with Gasteiger partial charge in [0.25, 0.3) is 0 Å². The molecule has 132 valence electrons. The first-order chi connectivity index (χ1) is 12.2. The van der Waals surface area contributed by atoms with E-state index in [1.165, 1.54) is 35.9 Å². The van der Waals surface area contributed by atoms with E-state index in [1.54, 1.807) is 11.3 Å². The number of hydrogen-bond donors (Lipinski definition) is 1. The Bertz CT molecular complexity index is 810. The van der Waals surface area contributed by atoms with Crippen molar-refractivity contribution in [3.05, 3.63) is 23.8 Å². The lowest BCUT2D eigenvalue weighted by molar-refractivity contribution is -0.127. The van der Waals surface area contributed by atoms with Gasteiger partial charge in [-0.05, 0) is 37.8 Å². The lowest BCUT2D eigenvalue weighted by atomic mass is 9.79. The summed E-state index contributed by atoms with van der Waals surface area (Å²) in [5.74, 6) is 1.17. The quantitative estimate of drug-likeness (QED) is 0.909. The van der Waals surface area contributed by atoms with Crippen LogP contribution in [-0.4, -0.2) is 29.5 Å². The second kappa shape index (κ2) is 5.97. The number of rotatable bonds is 3. The number of amides is 1. The van der Waals surface area contributed by atoms with Crippen molar-refractivity contribution in [2.45, 2.75) is 57.5 Å². The zero-order valence-electron chi connectivity index (χ0n) is 14.7. The molecule has 1 aromatic carbocycles. The molecular formula is C20H25N3OS. The second-order valence-electron chi connectivity index (χ2n) is 8.00. The number of carbonyl (C=O) groups excluding carboxylic acids is 1. The van der Waals surface area contributed by atoms with Crippen LogP contribution in [0.3, 0.4) is 0 Å². The average molecular weight is 356 g/mol. The fourth-order valence-corrected chi connectivity index (χ4v) is 6.00. The maximum atomic E-state index is 12.6. The van der Waals surface area contributed by atoms with Crippen LogP contribution in [0, 0.1) is 18.8 Å². The van der Waals surface area contributed by atoms with Crippen molar-refractivity contribution in [3.8, 4) is 0 Å². The molecule has 2 aliphatic carbocycles. The third-order valence-corrected chi connectivity index (χ3v) is 7.67. The van der Waals surface area contributed by atoms with Gasteiger partial charge in [0.15, 0.2) is 5.13 Å². The fourth-order valence-electron chi connectivity index (χ4n) is 4.90. The molecule has 4 aliphatic rings. The number of nitrogens with zero attached hydrogens (tertiary/aromatic N) is 2. The highest BCUT2D eigenvalue weighted by Gasteiger charge is 2.53. The topological polar surface area (TPSA) is 45.2 Å². The van der Waals surface area contributed by atoms with Crippen LogP contribution in [0.4, 0.5) is 5.13 Å². The first kappa shape index (κ1) is 15.6. The summed E-state index contributed by atoms with van der Waals surface area (Å²) >= 11 is 1.80. The van der Waals surface area contributed by atoms with E-state index in [-0.39, 0.29) is 5.92 Å². The number of carbonyl (C=O) groups is 1. The predicted octanol–water partition coefficient (Wildman–Crippen LogP) is 3.88. The molecule has 2 aliphatic heterocycles. The molecule has 6 rings (SSSR count). The Balaban J connectivity index is 1.31. The van der Waals surface area contributed by atoms with Gasteiger partial charge < -0.3 is 10.2 Å². The van der Waals surface area contributed by atoms with Crippen molar-refractivity contribution >= 4 is 32.6 Å². The zero-order chi connectivity index (χ0) is 17.0. The van der Waals surface area contributed by atoms with Gasteiger partial charge in [0.2, 0.25) is 5.91 Å². The fraction of sp³-hybridized carbons (Fsp3) is 0.600. The van der Waals surface area contributed by atoms with Gasteiger partial charge in [-0.15, -0.1) is 0 Å². The molecule has 3 unspecified atom stereocenters. The lowest BCUT2D eigenvalue weighted by Crippen LogP contribution is -2.56. The lowest BCUT2D eigenvalue weighted by Gasteiger charge is -2.38. The molecule has 1 aromatic heterocycles. The first-order valence-corrected chi connectivity index (χ1v) is 10.5. The van der Waals surface area contributed by atoms with Crippen molar-refractivity contribution in [2.75, 3.05) is 11.4 Å². The number of aryl methyl sites for hydroxylation is 1. The molecule has 0 radical (unpaired) electrons. The summed E-state index contributed by atoms with van der Waals surface area (Å²) in [6.45, 7) is 3.19. The summed E-state index contributed by atoms with van der Waals surface area (Å²) in [6, 6.07) is 7.12. The van der Waals surface area contributed by atoms with Gasteiger partial charge in [-0.25, -0.2) is 4.98 Å². The molecular weight excluding hydrogens is 330 g/mol. The molecule has 2 saturated heterocycles. The Morgan fingerprint density at radius 1 is 1.28 bits per heavy atom. The number of thiazole rings is 1. The summed E-state index contributed by atoms with van der Waals surface area (Å²) in [4.78, 5) is 19.9. The predicted molar refractivity (Wildman–Crippen MR) is 102 cm³/mol. The Labute approximate surface area is 152 Å². The highest BCUT2D eigenvalue weighted by molar-refractivity contribution is 7.22. The molecule has 3 atom stereocenters. The summed E-state index contributed by atoms with van der Waals surface area (Å²) in [6.07, 6.45) is 7.08. The smallest absolute Gasteiger partial charge is 0.223 e. The molecule has 25 heavy (non-hydrogen) atoms. The van der Waals surface area contributed by atoms with Crippen LogP contribution in [-0.2, 0) is 4.79 Å². The van der Waals surface area contributed by atoms with Crippen molar-refractivity contribution in [1.29, 1.82) is 0 Å². The Morgan fingerprint density at radius 2 is 2.12 bits per heavy atom. The normalized spacial score (nSPS) is 29.0. The summed E-state index contributed by atoms with van der Waals surface area (Å²) in [5.41, 5.74) is 2.40. The van der Waals surface area contributed by atoms with Gasteiger partial charge in [0, 0.05) is 18.4 Å². The van der Waals surface area contributed by atoms with Crippen molar-refractivity contribution < 1.29 is 4.79 Å². The summed E-state index contributed by atoms with van der Waals surface area (Å²) in [7, 11) is 0. The number of nitrogens with one attached hydrogen (secondary N) is 1. The minimum absolute atomic E-state index is 0.257. The number of hydrogen-bond acceptors (Lipinski definition) is 4. The standard InChI is InChI=1S/C20H25N3OS/c1-12-6-5-9-15-18(12)25-20(21-15)23-11-14-10-16(23)17(14)22-19(24)13-7-3-2-4-8-13/h5-6,9,13-14,16-17H,2-4,7-8,10-11H2,1H3,(H,22,24). The van der Waals surface area contributed by atoms with E-state index in [1.807, 2.05) is 0 Å². The minimum Gasteiger partial charge on any atom is -0.351 e. The first-order valence-electron chi connectivity index (χ1n) is 9.64. The molecule has 1 N–H and O–H groups in total. The van der Waals surface area contributed by atoms with E-state index in [4.69, 9.17) is 4.98 Å². The molecule has 4 nitrogen and oxygen atoms in total. The average Bonchev–Trinajstić information content (AvgIpc) is 3.32. The van der Waals surface area contributed by atoms with Crippen LogP contribution in [0.25, 0.3) is 10.2 Å². The molecule has 2 saturated carbocycles. The number of aromatic nitrogens is 1. The van der Waals surface area contributed by atoms with Crippen LogP contribution < -0.4 is 10.2 Å². The van der Waals surface area contributed by atoms with E-state index < -0.39 is 0 Å². The van der Waals surface area contributed by atoms with Gasteiger partial charge in [0.05, 0.1) is 22.3 Å². The van der Waals surface area contributed by atoms with Gasteiger partial charge >= 0.3 is 0 Å². The van der Waals surface area contributed by atoms with Crippen LogP contribution in [0.15, 0.2) is 18.2 Å². The summed E-state index contributed by atoms with van der Waals surface area (Å²) in [5, 5.41) is 4.52. The second-order valence-corrected chi connectivity index (χ2v) is 8.98. The van der Waals surface area contributed by atoms with Gasteiger partial charge in [-0.2, -0.15) is 0 Å². The van der Waals surface area contributed by atoms with E-state index in [9.17, 15) is 4.79 Å². The van der Waals surface area contributed by atoms with Crippen molar-refractivity contribution in [3.63, 3.8) is 0 Å². The largest absolute Gasteiger partial charge is 0.351 e. The Kier molecular flexibility index (Phi) is 3.73. The highest BCUT2D eigenvalue weighted by atomic mass is 32.1. The molecule has 4 fully saturated rings. The zero-order valence-corrected chi connectivity index (χ0v) is 15.5. The molecule has 5 heteroatoms. The Hall–Kier alpha value is -1.62. The maximum absolute atomic E-state index is 12.6. The minimum atomic E-state index is 0.257. The number of benzene rings is 1. The van der Waals surface area contributed by atoms with Crippen LogP contribution in [0.2, 0.25) is 0 Å². The summed E-state index contributed by atoms with van der Waals surface area (Å²) < 4.78 is 1.30. The molecule has 2 bridgehead atoms. The van der Waals surface area contributed by atoms with Crippen LogP contribution >= 0.6 is 11.3 Å². The van der Waals surface area contributed by atoms with Crippen molar-refractivity contribution in [2.24, 2.45) is 11.8 Å². The third kappa shape index (κ3) is 2.55. The maximum Gasteiger partial charge on any atom is 0.223 e. The molecule has 1 amide bonds. The monoisotopic (exact) mass is 355 g/mol. The molecule has 2 aromatic rings. The Morgan fingerprint density at radius 3 is 2.92 bits per heavy atom. The third-order valence-electron chi connectivity index (χ3n) is 6.43. The number of anilines is 1. The van der Waals surface area contributed by atoms with Crippen molar-refractivity contribution in [1.82, 2.24) is 10.3 Å². The molecule has 3 heterocycles. The van der Waals surface area contributed by atoms with E-state index in [0.717, 1.165) is 30.0 Å². The molecule has 0 spiro atoms. The van der Waals surface area contributed by atoms with Gasteiger partial charge in [-0.1, -0.05) is 42.7 Å². The van der Waals surface area contributed by atoms with Gasteiger partial charge in [0.1, 0.15) is 0 Å². The van der Waals surface area contributed by atoms with Crippen LogP contribution in [0.1, 0.15) is 44.1 Å². The highest BCUT2D eigenvalue weighted by Crippen LogP contribution is 2.46. The van der Waals surface area contributed by atoms with E-state index in [0.29, 0.717) is 23.9 Å². The number of fused-ring (bicyclic) bond motifs is 2. The van der Waals surface area contributed by atoms with E-state index >= 15 is 0 Å². The van der Waals surface area contributed by atoms with E-state index in [2.05, 4.69) is 35.3 Å². The SMILES string of the molecule is Cc1cccc2nc(N3CC4CC3C4NC(=O)C3CCCCC3)sc12.